The summed E-state index contributed by atoms with van der Waals surface area (Å²) >= 11 is 0. The number of amides is 2. The lowest BCUT2D eigenvalue weighted by Crippen LogP contribution is -2.39. The second kappa shape index (κ2) is 7.95. The van der Waals surface area contributed by atoms with Crippen molar-refractivity contribution < 1.29 is 19.5 Å². The van der Waals surface area contributed by atoms with Crippen LogP contribution in [0.4, 0.5) is 0 Å². The monoisotopic (exact) mass is 206 g/mol. The van der Waals surface area contributed by atoms with E-state index in [0.717, 1.165) is 0 Å². The summed E-state index contributed by atoms with van der Waals surface area (Å²) < 4.78 is 0. The Kier molecular flexibility index (Phi) is 8.43. The van der Waals surface area contributed by atoms with E-state index in [-0.39, 0.29) is 13.0 Å². The number of carbonyl (C=O) groups excluding carboxylic acids is 2. The third-order valence-corrected chi connectivity index (χ3v) is 0.961. The normalized spacial score (nSPS) is 10.7. The van der Waals surface area contributed by atoms with Crippen LogP contribution in [0.25, 0.3) is 0 Å². The molecule has 1 atom stereocenters. The minimum absolute atomic E-state index is 0.185. The largest absolute Gasteiger partial charge is 0.480 e. The van der Waals surface area contributed by atoms with E-state index in [9.17, 15) is 14.4 Å². The van der Waals surface area contributed by atoms with E-state index < -0.39 is 23.8 Å². The van der Waals surface area contributed by atoms with E-state index in [1.54, 1.807) is 0 Å². The third-order valence-electron chi connectivity index (χ3n) is 0.961. The Labute approximate surface area is 80.2 Å². The minimum atomic E-state index is -0.968. The van der Waals surface area contributed by atoms with Crippen molar-refractivity contribution in [3.8, 4) is 0 Å². The molecule has 0 bridgehead atoms. The lowest BCUT2D eigenvalue weighted by molar-refractivity contribution is -0.135. The number of nitrogens with two attached hydrogens (primary N) is 4. The molecule has 8 heteroatoms. The van der Waals surface area contributed by atoms with Gasteiger partial charge in [0.05, 0.1) is 19.0 Å². The van der Waals surface area contributed by atoms with Crippen molar-refractivity contribution in [1.82, 2.24) is 0 Å². The van der Waals surface area contributed by atoms with Gasteiger partial charge >= 0.3 is 5.97 Å². The van der Waals surface area contributed by atoms with Crippen LogP contribution in [0.2, 0.25) is 0 Å². The zero-order valence-electron chi connectivity index (χ0n) is 7.47. The number of primary amides is 2. The first-order chi connectivity index (χ1) is 6.31. The van der Waals surface area contributed by atoms with Crippen LogP contribution in [-0.4, -0.2) is 35.5 Å². The second-order valence-corrected chi connectivity index (χ2v) is 2.28. The molecule has 0 aliphatic rings. The molecular formula is C6H14N4O4. The molecule has 0 aromatic carbocycles. The van der Waals surface area contributed by atoms with Crippen molar-refractivity contribution in [2.75, 3.05) is 6.54 Å². The predicted molar refractivity (Wildman–Crippen MR) is 47.7 cm³/mol. The van der Waals surface area contributed by atoms with Crippen molar-refractivity contribution in [3.63, 3.8) is 0 Å². The van der Waals surface area contributed by atoms with Gasteiger partial charge in [-0.2, -0.15) is 0 Å². The summed E-state index contributed by atoms with van der Waals surface area (Å²) in [7, 11) is 0. The maximum atomic E-state index is 10.1. The van der Waals surface area contributed by atoms with E-state index in [1.165, 1.54) is 0 Å². The van der Waals surface area contributed by atoms with E-state index in [4.69, 9.17) is 22.3 Å². The lowest BCUT2D eigenvalue weighted by Gasteiger charge is -2.01. The van der Waals surface area contributed by atoms with Gasteiger partial charge in [-0.05, 0) is 0 Å². The van der Waals surface area contributed by atoms with Gasteiger partial charge in [0, 0.05) is 0 Å². The van der Waals surface area contributed by atoms with Crippen LogP contribution in [0.15, 0.2) is 0 Å². The van der Waals surface area contributed by atoms with Crippen molar-refractivity contribution in [2.24, 2.45) is 22.9 Å². The highest BCUT2D eigenvalue weighted by Gasteiger charge is 2.10. The molecule has 0 spiro atoms. The van der Waals surface area contributed by atoms with Gasteiger partial charge < -0.3 is 28.0 Å². The molecule has 0 aromatic rings. The molecule has 0 fully saturated rings. The van der Waals surface area contributed by atoms with Crippen LogP contribution in [-0.2, 0) is 14.4 Å². The van der Waals surface area contributed by atoms with E-state index in [1.807, 2.05) is 0 Å². The number of carbonyl (C=O) groups is 3. The van der Waals surface area contributed by atoms with Gasteiger partial charge in [-0.25, -0.2) is 0 Å². The zero-order chi connectivity index (χ0) is 11.7. The Hall–Kier alpha value is -1.67. The molecule has 0 aliphatic carbocycles. The maximum Gasteiger partial charge on any atom is 0.317 e. The molecule has 2 amide bonds. The van der Waals surface area contributed by atoms with Crippen molar-refractivity contribution in [3.05, 3.63) is 0 Å². The van der Waals surface area contributed by atoms with Crippen molar-refractivity contribution in [2.45, 2.75) is 12.5 Å². The Morgan fingerprint density at radius 2 is 1.57 bits per heavy atom. The average molecular weight is 206 g/mol. The Bertz CT molecular complexity index is 218. The molecule has 0 rings (SSSR count). The fourth-order valence-electron chi connectivity index (χ4n) is 0.317. The molecule has 0 saturated carbocycles. The molecule has 0 aliphatic heterocycles. The molecule has 14 heavy (non-hydrogen) atoms. The lowest BCUT2D eigenvalue weighted by atomic mass is 10.2. The van der Waals surface area contributed by atoms with Gasteiger partial charge in [0.1, 0.15) is 0 Å². The molecule has 0 saturated heterocycles. The fourth-order valence-corrected chi connectivity index (χ4v) is 0.317. The molecule has 82 valence electrons. The van der Waals surface area contributed by atoms with Crippen LogP contribution < -0.4 is 22.9 Å². The zero-order valence-corrected chi connectivity index (χ0v) is 7.47. The summed E-state index contributed by atoms with van der Waals surface area (Å²) in [6.45, 7) is -0.278. The summed E-state index contributed by atoms with van der Waals surface area (Å²) in [6, 6.07) is -0.942. The first kappa shape index (κ1) is 14.8. The molecule has 9 N–H and O–H groups in total. The number of aliphatic carboxylic acids is 1. The predicted octanol–water partition coefficient (Wildman–Crippen LogP) is -3.30. The molecule has 0 unspecified atom stereocenters. The topological polar surface area (TPSA) is 176 Å². The number of hydrogen-bond acceptors (Lipinski definition) is 5. The van der Waals surface area contributed by atoms with Gasteiger partial charge in [0.15, 0.2) is 0 Å². The highest BCUT2D eigenvalue weighted by molar-refractivity contribution is 5.86. The molecule has 0 aromatic heterocycles. The Morgan fingerprint density at radius 1 is 1.21 bits per heavy atom. The first-order valence-electron chi connectivity index (χ1n) is 3.56. The van der Waals surface area contributed by atoms with Crippen molar-refractivity contribution in [1.29, 1.82) is 0 Å². The maximum absolute atomic E-state index is 10.1. The SMILES string of the molecule is NC(=O)C[C@H](N)C(N)=O.NCC(=O)O. The quantitative estimate of drug-likeness (QED) is 0.322. The van der Waals surface area contributed by atoms with Crippen LogP contribution in [0, 0.1) is 0 Å². The van der Waals surface area contributed by atoms with Gasteiger partial charge in [0.2, 0.25) is 11.8 Å². The average Bonchev–Trinajstić information content (AvgIpc) is 2.04. The third kappa shape index (κ3) is 13.0. The summed E-state index contributed by atoms with van der Waals surface area (Å²) in [5.41, 5.74) is 19.0. The number of carboxylic acids is 1. The smallest absolute Gasteiger partial charge is 0.317 e. The van der Waals surface area contributed by atoms with Gasteiger partial charge in [0.25, 0.3) is 0 Å². The number of hydrogen-bond donors (Lipinski definition) is 5. The molecular weight excluding hydrogens is 192 g/mol. The van der Waals surface area contributed by atoms with Gasteiger partial charge in [-0.15, -0.1) is 0 Å². The highest BCUT2D eigenvalue weighted by atomic mass is 16.4. The van der Waals surface area contributed by atoms with Crippen LogP contribution in [0.5, 0.6) is 0 Å². The van der Waals surface area contributed by atoms with Gasteiger partial charge in [-0.3, -0.25) is 14.4 Å². The van der Waals surface area contributed by atoms with Crippen LogP contribution in [0.1, 0.15) is 6.42 Å². The van der Waals surface area contributed by atoms with Crippen LogP contribution in [0.3, 0.4) is 0 Å². The number of carboxylic acid groups (broad SMARTS) is 1. The minimum Gasteiger partial charge on any atom is -0.480 e. The van der Waals surface area contributed by atoms with Crippen molar-refractivity contribution >= 4 is 17.8 Å². The van der Waals surface area contributed by atoms with E-state index >= 15 is 0 Å². The molecule has 8 nitrogen and oxygen atoms in total. The van der Waals surface area contributed by atoms with E-state index in [0.29, 0.717) is 0 Å². The summed E-state index contributed by atoms with van der Waals surface area (Å²) in [4.78, 5) is 29.4. The molecule has 0 radical (unpaired) electrons. The summed E-state index contributed by atoms with van der Waals surface area (Å²) in [6.07, 6.45) is -0.185. The Morgan fingerprint density at radius 3 is 1.64 bits per heavy atom. The highest BCUT2D eigenvalue weighted by Crippen LogP contribution is 1.82. The fraction of sp³-hybridized carbons (Fsp3) is 0.500. The standard InChI is InChI=1S/C4H9N3O2.C2H5NO2/c5-2(4(7)9)1-3(6)8;3-1-2(4)5/h2H,1,5H2,(H2,6,8)(H2,7,9);1,3H2,(H,4,5)/t2-;/m0./s1. The van der Waals surface area contributed by atoms with Gasteiger partial charge in [-0.1, -0.05) is 0 Å². The Balaban J connectivity index is 0. The van der Waals surface area contributed by atoms with Crippen LogP contribution >= 0.6 is 0 Å². The first-order valence-corrected chi connectivity index (χ1v) is 3.56. The second-order valence-electron chi connectivity index (χ2n) is 2.28. The summed E-state index contributed by atoms with van der Waals surface area (Å²) in [5.74, 6) is -2.31. The number of rotatable bonds is 4. The molecule has 0 heterocycles. The van der Waals surface area contributed by atoms with E-state index in [2.05, 4.69) is 5.73 Å². The summed E-state index contributed by atoms with van der Waals surface area (Å²) in [5, 5.41) is 7.60.